The first kappa shape index (κ1) is 14.8. The predicted molar refractivity (Wildman–Crippen MR) is 87.6 cm³/mol. The molecule has 0 spiro atoms. The fraction of sp³-hybridized carbons (Fsp3) is 0.267. The molecule has 3 rings (SSSR count). The second kappa shape index (κ2) is 5.94. The molecule has 7 heteroatoms. The molecule has 0 saturated heterocycles. The molecule has 1 aromatic carbocycles. The zero-order valence-electron chi connectivity index (χ0n) is 12.3. The third kappa shape index (κ3) is 2.42. The second-order valence-corrected chi connectivity index (χ2v) is 6.70. The first-order valence-corrected chi connectivity index (χ1v) is 8.52. The molecule has 2 aromatic rings. The van der Waals surface area contributed by atoms with Crippen molar-refractivity contribution in [3.05, 3.63) is 48.8 Å². The molecular weight excluding hydrogens is 300 g/mol. The number of anilines is 3. The van der Waals surface area contributed by atoms with Crippen LogP contribution in [0.25, 0.3) is 0 Å². The van der Waals surface area contributed by atoms with E-state index in [-0.39, 0.29) is 0 Å². The number of pyridine rings is 1. The Morgan fingerprint density at radius 3 is 2.64 bits per heavy atom. The molecule has 1 aliphatic heterocycles. The van der Waals surface area contributed by atoms with Crippen LogP contribution in [0.1, 0.15) is 6.42 Å². The number of benzene rings is 1. The van der Waals surface area contributed by atoms with E-state index in [1.54, 1.807) is 30.6 Å². The summed E-state index contributed by atoms with van der Waals surface area (Å²) in [6.45, 7) is 1.20. The number of para-hydroxylation sites is 1. The van der Waals surface area contributed by atoms with Gasteiger partial charge in [0.25, 0.3) is 0 Å². The molecule has 2 heterocycles. The Labute approximate surface area is 130 Å². The maximum atomic E-state index is 12.9. The van der Waals surface area contributed by atoms with Crippen LogP contribution in [0.2, 0.25) is 0 Å². The molecule has 0 amide bonds. The number of nitrogens with one attached hydrogen (secondary N) is 1. The van der Waals surface area contributed by atoms with Crippen molar-refractivity contribution >= 4 is 27.3 Å². The average Bonchev–Trinajstić information content (AvgIpc) is 2.75. The van der Waals surface area contributed by atoms with Gasteiger partial charge in [0.2, 0.25) is 0 Å². The van der Waals surface area contributed by atoms with Gasteiger partial charge >= 0.3 is 10.2 Å². The van der Waals surface area contributed by atoms with E-state index in [2.05, 4.69) is 10.3 Å². The summed E-state index contributed by atoms with van der Waals surface area (Å²) in [4.78, 5) is 4.08. The molecular formula is C15H18N4O2S. The lowest BCUT2D eigenvalue weighted by Crippen LogP contribution is -2.36. The number of hydrogen-bond acceptors (Lipinski definition) is 4. The summed E-state index contributed by atoms with van der Waals surface area (Å²) in [7, 11) is -1.77. The normalized spacial score (nSPS) is 15.9. The summed E-state index contributed by atoms with van der Waals surface area (Å²) in [5, 5.41) is 3.04. The van der Waals surface area contributed by atoms with Crippen molar-refractivity contribution in [2.45, 2.75) is 6.42 Å². The molecule has 0 atom stereocenters. The third-order valence-electron chi connectivity index (χ3n) is 3.55. The highest BCUT2D eigenvalue weighted by molar-refractivity contribution is 7.95. The minimum Gasteiger partial charge on any atom is -0.320 e. The van der Waals surface area contributed by atoms with Crippen LogP contribution in [-0.4, -0.2) is 33.5 Å². The molecule has 0 aliphatic carbocycles. The van der Waals surface area contributed by atoms with E-state index in [0.717, 1.165) is 13.0 Å². The van der Waals surface area contributed by atoms with Gasteiger partial charge in [0, 0.05) is 12.7 Å². The number of aromatic nitrogens is 1. The van der Waals surface area contributed by atoms with Gasteiger partial charge in [-0.2, -0.15) is 8.42 Å². The summed E-state index contributed by atoms with van der Waals surface area (Å²) in [6.07, 6.45) is 3.95. The molecule has 0 radical (unpaired) electrons. The summed E-state index contributed by atoms with van der Waals surface area (Å²) < 4.78 is 28.7. The van der Waals surface area contributed by atoms with Gasteiger partial charge in [-0.3, -0.25) is 9.29 Å². The van der Waals surface area contributed by atoms with Crippen molar-refractivity contribution in [3.63, 3.8) is 0 Å². The largest absolute Gasteiger partial charge is 0.331 e. The van der Waals surface area contributed by atoms with Crippen LogP contribution in [0, 0.1) is 0 Å². The topological polar surface area (TPSA) is 65.5 Å². The molecule has 0 fully saturated rings. The van der Waals surface area contributed by atoms with Crippen LogP contribution >= 0.6 is 0 Å². The fourth-order valence-corrected chi connectivity index (χ4v) is 4.30. The Morgan fingerprint density at radius 1 is 1.14 bits per heavy atom. The van der Waals surface area contributed by atoms with Gasteiger partial charge in [0.1, 0.15) is 5.69 Å². The van der Waals surface area contributed by atoms with Crippen molar-refractivity contribution in [3.8, 4) is 0 Å². The monoisotopic (exact) mass is 318 g/mol. The van der Waals surface area contributed by atoms with Gasteiger partial charge in [-0.25, -0.2) is 4.31 Å². The highest BCUT2D eigenvalue weighted by atomic mass is 32.2. The van der Waals surface area contributed by atoms with Crippen LogP contribution in [0.15, 0.2) is 48.8 Å². The minimum atomic E-state index is -3.62. The lowest BCUT2D eigenvalue weighted by Gasteiger charge is -2.21. The molecule has 6 nitrogen and oxygen atoms in total. The lowest BCUT2D eigenvalue weighted by molar-refractivity contribution is 0.591. The highest BCUT2D eigenvalue weighted by Gasteiger charge is 2.40. The standard InChI is InChI=1S/C15H18N4O2S/c1-16-9-5-11-18-14-8-10-17-12-15(14)19(22(18,20)21)13-6-3-2-4-7-13/h2-4,6-8,10,12,16H,5,9,11H2,1H3. The molecule has 1 N–H and O–H groups in total. The first-order chi connectivity index (χ1) is 10.7. The number of nitrogens with zero attached hydrogens (tertiary/aromatic N) is 3. The predicted octanol–water partition coefficient (Wildman–Crippen LogP) is 1.89. The number of hydrogen-bond donors (Lipinski definition) is 1. The van der Waals surface area contributed by atoms with Crippen LogP contribution in [0.3, 0.4) is 0 Å². The van der Waals surface area contributed by atoms with Crippen LogP contribution in [0.4, 0.5) is 17.1 Å². The second-order valence-electron chi connectivity index (χ2n) is 5.00. The van der Waals surface area contributed by atoms with E-state index in [1.165, 1.54) is 8.61 Å². The Bertz CT molecular complexity index is 749. The van der Waals surface area contributed by atoms with Crippen molar-refractivity contribution in [2.75, 3.05) is 28.7 Å². The molecule has 1 aromatic heterocycles. The maximum Gasteiger partial charge on any atom is 0.331 e. The van der Waals surface area contributed by atoms with Gasteiger partial charge in [0.15, 0.2) is 0 Å². The van der Waals surface area contributed by atoms with Crippen molar-refractivity contribution < 1.29 is 8.42 Å². The molecule has 0 unspecified atom stereocenters. The Balaban J connectivity index is 2.05. The van der Waals surface area contributed by atoms with Gasteiger partial charge in [-0.15, -0.1) is 0 Å². The quantitative estimate of drug-likeness (QED) is 0.855. The smallest absolute Gasteiger partial charge is 0.320 e. The molecule has 22 heavy (non-hydrogen) atoms. The zero-order valence-corrected chi connectivity index (χ0v) is 13.1. The van der Waals surface area contributed by atoms with E-state index in [9.17, 15) is 8.42 Å². The lowest BCUT2D eigenvalue weighted by atomic mass is 10.2. The molecule has 0 saturated carbocycles. The van der Waals surface area contributed by atoms with E-state index in [0.29, 0.717) is 23.6 Å². The van der Waals surface area contributed by atoms with E-state index < -0.39 is 10.2 Å². The van der Waals surface area contributed by atoms with Gasteiger partial charge in [-0.1, -0.05) is 18.2 Å². The summed E-state index contributed by atoms with van der Waals surface area (Å²) >= 11 is 0. The minimum absolute atomic E-state index is 0.434. The zero-order chi connectivity index (χ0) is 15.6. The van der Waals surface area contributed by atoms with Crippen molar-refractivity contribution in [2.24, 2.45) is 0 Å². The first-order valence-electron chi connectivity index (χ1n) is 7.13. The van der Waals surface area contributed by atoms with Crippen molar-refractivity contribution in [1.82, 2.24) is 10.3 Å². The highest BCUT2D eigenvalue weighted by Crippen LogP contribution is 2.44. The van der Waals surface area contributed by atoms with Crippen LogP contribution in [0.5, 0.6) is 0 Å². The van der Waals surface area contributed by atoms with E-state index >= 15 is 0 Å². The van der Waals surface area contributed by atoms with Gasteiger partial charge in [0.05, 0.1) is 17.6 Å². The van der Waals surface area contributed by atoms with Crippen LogP contribution < -0.4 is 13.9 Å². The Morgan fingerprint density at radius 2 is 1.91 bits per heavy atom. The molecule has 1 aliphatic rings. The van der Waals surface area contributed by atoms with E-state index in [1.807, 2.05) is 25.2 Å². The summed E-state index contributed by atoms with van der Waals surface area (Å²) in [6, 6.07) is 10.8. The SMILES string of the molecule is CNCCCN1c2ccncc2N(c2ccccc2)S1(=O)=O. The third-order valence-corrected chi connectivity index (χ3v) is 5.36. The van der Waals surface area contributed by atoms with Crippen molar-refractivity contribution in [1.29, 1.82) is 0 Å². The Kier molecular flexibility index (Phi) is 4.00. The fourth-order valence-electron chi connectivity index (χ4n) is 2.56. The number of fused-ring (bicyclic) bond motifs is 1. The average molecular weight is 318 g/mol. The van der Waals surface area contributed by atoms with Crippen LogP contribution in [-0.2, 0) is 10.2 Å². The molecule has 116 valence electrons. The Hall–Kier alpha value is -2.12. The van der Waals surface area contributed by atoms with Gasteiger partial charge in [-0.05, 0) is 38.2 Å². The van der Waals surface area contributed by atoms with Gasteiger partial charge < -0.3 is 5.32 Å². The summed E-state index contributed by atoms with van der Waals surface area (Å²) in [5.41, 5.74) is 1.89. The van der Waals surface area contributed by atoms with E-state index in [4.69, 9.17) is 0 Å². The summed E-state index contributed by atoms with van der Waals surface area (Å²) in [5.74, 6) is 0. The molecule has 0 bridgehead atoms. The maximum absolute atomic E-state index is 12.9. The number of rotatable bonds is 5.